The van der Waals surface area contributed by atoms with Crippen LogP contribution in [0.3, 0.4) is 0 Å². The average Bonchev–Trinajstić information content (AvgIpc) is 2.58. The van der Waals surface area contributed by atoms with Crippen LogP contribution in [0, 0.1) is 25.7 Å². The molecule has 0 saturated carbocycles. The fourth-order valence-corrected chi connectivity index (χ4v) is 2.60. The number of aliphatic hydroxyl groups is 1. The summed E-state index contributed by atoms with van der Waals surface area (Å²) in [5, 5.41) is 9.52. The summed E-state index contributed by atoms with van der Waals surface area (Å²) in [6.07, 6.45) is 0. The molecule has 1 aromatic heterocycles. The zero-order valence-electron chi connectivity index (χ0n) is 11.2. The number of pyridine rings is 1. The second-order valence-corrected chi connectivity index (χ2v) is 5.40. The van der Waals surface area contributed by atoms with E-state index in [2.05, 4.69) is 23.7 Å². The largest absolute Gasteiger partial charge is 0.392 e. The Morgan fingerprint density at radius 2 is 1.88 bits per heavy atom. The lowest BCUT2D eigenvalue weighted by Gasteiger charge is -2.22. The second kappa shape index (κ2) is 4.65. The average molecular weight is 234 g/mol. The lowest BCUT2D eigenvalue weighted by atomic mass is 10.0. The highest BCUT2D eigenvalue weighted by molar-refractivity contribution is 5.52. The predicted molar refractivity (Wildman–Crippen MR) is 70.2 cm³/mol. The number of aromatic nitrogens is 1. The van der Waals surface area contributed by atoms with Crippen LogP contribution in [0.15, 0.2) is 6.07 Å². The van der Waals surface area contributed by atoms with E-state index in [1.807, 2.05) is 19.9 Å². The molecule has 1 N–H and O–H groups in total. The SMILES string of the molecule is Cc1cc(C)c(CO)c(N2CC(C)C(C)C2)n1. The van der Waals surface area contributed by atoms with Crippen molar-refractivity contribution in [1.82, 2.24) is 4.98 Å². The maximum absolute atomic E-state index is 9.52. The molecule has 1 fully saturated rings. The summed E-state index contributed by atoms with van der Waals surface area (Å²) in [5.41, 5.74) is 3.15. The fourth-order valence-electron chi connectivity index (χ4n) is 2.60. The topological polar surface area (TPSA) is 36.4 Å². The van der Waals surface area contributed by atoms with Gasteiger partial charge in [-0.25, -0.2) is 4.98 Å². The van der Waals surface area contributed by atoms with Crippen molar-refractivity contribution in [3.8, 4) is 0 Å². The minimum atomic E-state index is 0.0771. The van der Waals surface area contributed by atoms with Crippen LogP contribution in [-0.2, 0) is 6.61 Å². The molecule has 1 aromatic rings. The van der Waals surface area contributed by atoms with Gasteiger partial charge in [0.25, 0.3) is 0 Å². The zero-order valence-corrected chi connectivity index (χ0v) is 11.2. The van der Waals surface area contributed by atoms with E-state index in [0.29, 0.717) is 11.8 Å². The fraction of sp³-hybridized carbons (Fsp3) is 0.643. The van der Waals surface area contributed by atoms with Gasteiger partial charge in [0.15, 0.2) is 0 Å². The number of aliphatic hydroxyl groups excluding tert-OH is 1. The van der Waals surface area contributed by atoms with Crippen molar-refractivity contribution in [2.75, 3.05) is 18.0 Å². The first-order valence-corrected chi connectivity index (χ1v) is 6.35. The van der Waals surface area contributed by atoms with E-state index < -0.39 is 0 Å². The molecule has 0 radical (unpaired) electrons. The number of hydrogen-bond acceptors (Lipinski definition) is 3. The Morgan fingerprint density at radius 1 is 1.29 bits per heavy atom. The van der Waals surface area contributed by atoms with Gasteiger partial charge in [-0.2, -0.15) is 0 Å². The molecule has 94 valence electrons. The van der Waals surface area contributed by atoms with Crippen molar-refractivity contribution in [3.05, 3.63) is 22.9 Å². The maximum Gasteiger partial charge on any atom is 0.134 e. The van der Waals surface area contributed by atoms with Crippen LogP contribution in [0.1, 0.15) is 30.7 Å². The molecule has 3 heteroatoms. The number of rotatable bonds is 2. The molecular formula is C14H22N2O. The lowest BCUT2D eigenvalue weighted by molar-refractivity contribution is 0.281. The van der Waals surface area contributed by atoms with Crippen LogP contribution in [0.5, 0.6) is 0 Å². The number of anilines is 1. The van der Waals surface area contributed by atoms with Crippen molar-refractivity contribution in [2.45, 2.75) is 34.3 Å². The van der Waals surface area contributed by atoms with Crippen molar-refractivity contribution in [3.63, 3.8) is 0 Å². The van der Waals surface area contributed by atoms with E-state index in [-0.39, 0.29) is 6.61 Å². The van der Waals surface area contributed by atoms with Crippen LogP contribution < -0.4 is 4.90 Å². The van der Waals surface area contributed by atoms with E-state index in [4.69, 9.17) is 0 Å². The summed E-state index contributed by atoms with van der Waals surface area (Å²) in [6, 6.07) is 2.04. The molecule has 2 rings (SSSR count). The monoisotopic (exact) mass is 234 g/mol. The Morgan fingerprint density at radius 3 is 2.41 bits per heavy atom. The summed E-state index contributed by atoms with van der Waals surface area (Å²) < 4.78 is 0. The van der Waals surface area contributed by atoms with Crippen molar-refractivity contribution >= 4 is 5.82 Å². The first kappa shape index (κ1) is 12.4. The highest BCUT2D eigenvalue weighted by Crippen LogP contribution is 2.30. The summed E-state index contributed by atoms with van der Waals surface area (Å²) in [6.45, 7) is 10.8. The molecule has 17 heavy (non-hydrogen) atoms. The molecule has 2 heterocycles. The Bertz CT molecular complexity index is 407. The van der Waals surface area contributed by atoms with Crippen LogP contribution >= 0.6 is 0 Å². The third-order valence-corrected chi connectivity index (χ3v) is 3.90. The van der Waals surface area contributed by atoms with Crippen LogP contribution in [0.25, 0.3) is 0 Å². The minimum absolute atomic E-state index is 0.0771. The zero-order chi connectivity index (χ0) is 12.6. The van der Waals surface area contributed by atoms with Gasteiger partial charge in [-0.1, -0.05) is 13.8 Å². The standard InChI is InChI=1S/C14H22N2O/c1-9-5-12(4)15-14(13(9)8-17)16-6-10(2)11(3)7-16/h5,10-11,17H,6-8H2,1-4H3. The Labute approximate surface area is 103 Å². The summed E-state index contributed by atoms with van der Waals surface area (Å²) in [5.74, 6) is 2.38. The van der Waals surface area contributed by atoms with E-state index in [1.54, 1.807) is 0 Å². The van der Waals surface area contributed by atoms with E-state index in [0.717, 1.165) is 35.7 Å². The quantitative estimate of drug-likeness (QED) is 0.853. The molecule has 0 aliphatic carbocycles. The molecule has 0 bridgehead atoms. The first-order valence-electron chi connectivity index (χ1n) is 6.35. The maximum atomic E-state index is 9.52. The summed E-state index contributed by atoms with van der Waals surface area (Å²) in [7, 11) is 0. The number of hydrogen-bond donors (Lipinski definition) is 1. The Balaban J connectivity index is 2.38. The third-order valence-electron chi connectivity index (χ3n) is 3.90. The molecule has 1 aliphatic rings. The van der Waals surface area contributed by atoms with Gasteiger partial charge in [0, 0.05) is 24.3 Å². The normalized spacial score (nSPS) is 24.4. The molecule has 2 atom stereocenters. The number of nitrogens with zero attached hydrogens (tertiary/aromatic N) is 2. The Kier molecular flexibility index (Phi) is 3.38. The number of aryl methyl sites for hydroxylation is 2. The van der Waals surface area contributed by atoms with Gasteiger partial charge in [0.05, 0.1) is 6.61 Å². The molecule has 1 saturated heterocycles. The van der Waals surface area contributed by atoms with Crippen molar-refractivity contribution in [2.24, 2.45) is 11.8 Å². The van der Waals surface area contributed by atoms with E-state index in [1.165, 1.54) is 0 Å². The van der Waals surface area contributed by atoms with Crippen molar-refractivity contribution < 1.29 is 5.11 Å². The predicted octanol–water partition coefficient (Wildman–Crippen LogP) is 2.28. The second-order valence-electron chi connectivity index (χ2n) is 5.40. The molecule has 0 spiro atoms. The third kappa shape index (κ3) is 2.29. The molecule has 3 nitrogen and oxygen atoms in total. The van der Waals surface area contributed by atoms with Gasteiger partial charge in [-0.3, -0.25) is 0 Å². The lowest BCUT2D eigenvalue weighted by Crippen LogP contribution is -2.23. The van der Waals surface area contributed by atoms with Crippen molar-refractivity contribution in [1.29, 1.82) is 0 Å². The van der Waals surface area contributed by atoms with Gasteiger partial charge in [-0.15, -0.1) is 0 Å². The molecule has 0 aromatic carbocycles. The Hall–Kier alpha value is -1.09. The van der Waals surface area contributed by atoms with Gasteiger partial charge < -0.3 is 10.0 Å². The smallest absolute Gasteiger partial charge is 0.134 e. The first-order chi connectivity index (χ1) is 8.02. The van der Waals surface area contributed by atoms with E-state index >= 15 is 0 Å². The molecule has 1 aliphatic heterocycles. The highest BCUT2D eigenvalue weighted by atomic mass is 16.3. The van der Waals surface area contributed by atoms with Crippen LogP contribution in [0.2, 0.25) is 0 Å². The minimum Gasteiger partial charge on any atom is -0.392 e. The van der Waals surface area contributed by atoms with E-state index in [9.17, 15) is 5.11 Å². The highest BCUT2D eigenvalue weighted by Gasteiger charge is 2.28. The van der Waals surface area contributed by atoms with Gasteiger partial charge >= 0.3 is 0 Å². The van der Waals surface area contributed by atoms with Gasteiger partial charge in [0.2, 0.25) is 0 Å². The molecule has 0 amide bonds. The summed E-state index contributed by atoms with van der Waals surface area (Å²) in [4.78, 5) is 6.94. The van der Waals surface area contributed by atoms with Gasteiger partial charge in [-0.05, 0) is 37.3 Å². The van der Waals surface area contributed by atoms with Crippen LogP contribution in [0.4, 0.5) is 5.82 Å². The van der Waals surface area contributed by atoms with Crippen LogP contribution in [-0.4, -0.2) is 23.2 Å². The van der Waals surface area contributed by atoms with Gasteiger partial charge in [0.1, 0.15) is 5.82 Å². The summed E-state index contributed by atoms with van der Waals surface area (Å²) >= 11 is 0. The molecular weight excluding hydrogens is 212 g/mol. The molecule has 2 unspecified atom stereocenters.